The number of rotatable bonds is 3. The quantitative estimate of drug-likeness (QED) is 0.791. The number of halogens is 1. The van der Waals surface area contributed by atoms with Gasteiger partial charge >= 0.3 is 5.97 Å². The predicted octanol–water partition coefficient (Wildman–Crippen LogP) is 1.98. The molecule has 1 saturated heterocycles. The van der Waals surface area contributed by atoms with Crippen molar-refractivity contribution < 1.29 is 14.7 Å². The van der Waals surface area contributed by atoms with E-state index in [0.717, 1.165) is 9.32 Å². The van der Waals surface area contributed by atoms with Gasteiger partial charge in [-0.05, 0) is 53.0 Å². The minimum Gasteiger partial charge on any atom is -0.479 e. The van der Waals surface area contributed by atoms with Gasteiger partial charge in [-0.2, -0.15) is 11.8 Å². The second-order valence-corrected chi connectivity index (χ2v) is 6.51. The molecule has 0 aromatic heterocycles. The molecule has 4 nitrogen and oxygen atoms in total. The molecular formula is C12H12INO3S. The number of aliphatic carboxylic acids is 1. The first-order valence-corrected chi connectivity index (χ1v) is 7.66. The number of carbonyl (C=O) groups is 2. The molecule has 2 N–H and O–H groups in total. The van der Waals surface area contributed by atoms with Crippen molar-refractivity contribution in [2.24, 2.45) is 0 Å². The summed E-state index contributed by atoms with van der Waals surface area (Å²) in [5, 5.41) is 12.0. The maximum absolute atomic E-state index is 12.1. The van der Waals surface area contributed by atoms with Gasteiger partial charge in [-0.1, -0.05) is 6.07 Å². The third kappa shape index (κ3) is 2.80. The van der Waals surface area contributed by atoms with Gasteiger partial charge in [0.1, 0.15) is 5.54 Å². The zero-order chi connectivity index (χ0) is 13.2. The van der Waals surface area contributed by atoms with Gasteiger partial charge in [-0.3, -0.25) is 4.79 Å². The number of carboxylic acids is 1. The van der Waals surface area contributed by atoms with Gasteiger partial charge < -0.3 is 10.4 Å². The Balaban J connectivity index is 2.18. The lowest BCUT2D eigenvalue weighted by molar-refractivity contribution is -0.143. The topological polar surface area (TPSA) is 66.4 Å². The van der Waals surface area contributed by atoms with Gasteiger partial charge in [0.25, 0.3) is 5.91 Å². The van der Waals surface area contributed by atoms with Crippen LogP contribution in [-0.2, 0) is 4.79 Å². The maximum Gasteiger partial charge on any atom is 0.330 e. The summed E-state index contributed by atoms with van der Waals surface area (Å²) in [6.07, 6.45) is 0.475. The monoisotopic (exact) mass is 377 g/mol. The standard InChI is InChI=1S/C12H12INO3S/c13-9-3-1-2-8(6-9)10(15)14-12(11(16)17)4-5-18-7-12/h1-3,6H,4-5,7H2,(H,14,15)(H,16,17). The van der Waals surface area contributed by atoms with E-state index in [1.807, 2.05) is 6.07 Å². The van der Waals surface area contributed by atoms with Gasteiger partial charge in [0.2, 0.25) is 0 Å². The molecule has 2 rings (SSSR count). The summed E-state index contributed by atoms with van der Waals surface area (Å²) >= 11 is 3.67. The number of hydrogen-bond donors (Lipinski definition) is 2. The Kier molecular flexibility index (Phi) is 4.16. The summed E-state index contributed by atoms with van der Waals surface area (Å²) in [5.74, 6) is -0.0819. The van der Waals surface area contributed by atoms with Crippen molar-refractivity contribution in [3.8, 4) is 0 Å². The van der Waals surface area contributed by atoms with Crippen molar-refractivity contribution in [1.82, 2.24) is 5.32 Å². The zero-order valence-corrected chi connectivity index (χ0v) is 12.5. The van der Waals surface area contributed by atoms with Gasteiger partial charge in [-0.15, -0.1) is 0 Å². The van der Waals surface area contributed by atoms with Crippen molar-refractivity contribution in [1.29, 1.82) is 0 Å². The highest BCUT2D eigenvalue weighted by atomic mass is 127. The van der Waals surface area contributed by atoms with E-state index in [2.05, 4.69) is 27.9 Å². The molecule has 1 heterocycles. The lowest BCUT2D eigenvalue weighted by Gasteiger charge is -2.24. The van der Waals surface area contributed by atoms with Crippen LogP contribution in [0.1, 0.15) is 16.8 Å². The lowest BCUT2D eigenvalue weighted by Crippen LogP contribution is -2.54. The SMILES string of the molecule is O=C(NC1(C(=O)O)CCSC1)c1cccc(I)c1. The Bertz CT molecular complexity index is 486. The molecule has 1 fully saturated rings. The number of carbonyl (C=O) groups excluding carboxylic acids is 1. The predicted molar refractivity (Wildman–Crippen MR) is 78.9 cm³/mol. The second-order valence-electron chi connectivity index (χ2n) is 4.15. The molecule has 6 heteroatoms. The number of nitrogens with one attached hydrogen (secondary N) is 1. The smallest absolute Gasteiger partial charge is 0.330 e. The van der Waals surface area contributed by atoms with Gasteiger partial charge in [0, 0.05) is 14.9 Å². The number of benzene rings is 1. The van der Waals surface area contributed by atoms with Gasteiger partial charge in [0.15, 0.2) is 0 Å². The van der Waals surface area contributed by atoms with Crippen LogP contribution in [0.4, 0.5) is 0 Å². The minimum atomic E-state index is -1.11. The molecule has 1 atom stereocenters. The van der Waals surface area contributed by atoms with Crippen LogP contribution in [0.5, 0.6) is 0 Å². The highest BCUT2D eigenvalue weighted by Crippen LogP contribution is 2.28. The average Bonchev–Trinajstić information content (AvgIpc) is 2.79. The van der Waals surface area contributed by atoms with E-state index in [0.29, 0.717) is 17.7 Å². The molecule has 1 unspecified atom stereocenters. The van der Waals surface area contributed by atoms with E-state index in [9.17, 15) is 14.7 Å². The zero-order valence-electron chi connectivity index (χ0n) is 9.48. The Labute approximate surface area is 123 Å². The van der Waals surface area contributed by atoms with Crippen LogP contribution in [0.3, 0.4) is 0 Å². The molecule has 1 aromatic rings. The van der Waals surface area contributed by atoms with Crippen LogP contribution in [0.15, 0.2) is 24.3 Å². The van der Waals surface area contributed by atoms with Crippen molar-refractivity contribution in [2.45, 2.75) is 12.0 Å². The number of amides is 1. The van der Waals surface area contributed by atoms with E-state index in [1.54, 1.807) is 30.0 Å². The molecule has 1 amide bonds. The third-order valence-electron chi connectivity index (χ3n) is 2.87. The molecule has 0 spiro atoms. The summed E-state index contributed by atoms with van der Waals surface area (Å²) in [6, 6.07) is 7.10. The summed E-state index contributed by atoms with van der Waals surface area (Å²) < 4.78 is 0.949. The van der Waals surface area contributed by atoms with Crippen LogP contribution in [0, 0.1) is 3.57 Å². The van der Waals surface area contributed by atoms with Crippen LogP contribution in [-0.4, -0.2) is 34.0 Å². The average molecular weight is 377 g/mol. The summed E-state index contributed by atoms with van der Waals surface area (Å²) in [6.45, 7) is 0. The van der Waals surface area contributed by atoms with Crippen molar-refractivity contribution >= 4 is 46.2 Å². The third-order valence-corrected chi connectivity index (χ3v) is 4.73. The number of hydrogen-bond acceptors (Lipinski definition) is 3. The lowest BCUT2D eigenvalue weighted by atomic mass is 9.98. The molecule has 0 saturated carbocycles. The highest BCUT2D eigenvalue weighted by molar-refractivity contribution is 14.1. The fourth-order valence-corrected chi connectivity index (χ4v) is 3.67. The first kappa shape index (κ1) is 13.7. The van der Waals surface area contributed by atoms with Crippen LogP contribution in [0.2, 0.25) is 0 Å². The van der Waals surface area contributed by atoms with E-state index >= 15 is 0 Å². The highest BCUT2D eigenvalue weighted by Gasteiger charge is 2.43. The van der Waals surface area contributed by atoms with Gasteiger partial charge in [-0.25, -0.2) is 4.79 Å². The summed E-state index contributed by atoms with van der Waals surface area (Å²) in [5.41, 5.74) is -0.609. The van der Waals surface area contributed by atoms with Crippen molar-refractivity contribution in [3.63, 3.8) is 0 Å². The number of carboxylic acid groups (broad SMARTS) is 1. The van der Waals surface area contributed by atoms with Crippen LogP contribution in [0.25, 0.3) is 0 Å². The molecule has 1 aromatic carbocycles. The minimum absolute atomic E-state index is 0.321. The number of thioether (sulfide) groups is 1. The fraction of sp³-hybridized carbons (Fsp3) is 0.333. The van der Waals surface area contributed by atoms with Crippen molar-refractivity contribution in [2.75, 3.05) is 11.5 Å². The largest absolute Gasteiger partial charge is 0.479 e. The Morgan fingerprint density at radius 2 is 2.22 bits per heavy atom. The van der Waals surface area contributed by atoms with E-state index in [4.69, 9.17) is 0 Å². The Hall–Kier alpha value is -0.760. The Morgan fingerprint density at radius 1 is 1.44 bits per heavy atom. The Morgan fingerprint density at radius 3 is 2.78 bits per heavy atom. The molecule has 96 valence electrons. The maximum atomic E-state index is 12.1. The first-order valence-electron chi connectivity index (χ1n) is 5.43. The fourth-order valence-electron chi connectivity index (χ4n) is 1.80. The molecular weight excluding hydrogens is 365 g/mol. The van der Waals surface area contributed by atoms with Crippen LogP contribution >= 0.6 is 34.4 Å². The summed E-state index contributed by atoms with van der Waals surface area (Å²) in [4.78, 5) is 23.4. The molecule has 0 aliphatic carbocycles. The van der Waals surface area contributed by atoms with Crippen LogP contribution < -0.4 is 5.32 Å². The first-order chi connectivity index (χ1) is 8.53. The van der Waals surface area contributed by atoms with E-state index in [1.165, 1.54) is 0 Å². The summed E-state index contributed by atoms with van der Waals surface area (Å²) in [7, 11) is 0. The van der Waals surface area contributed by atoms with E-state index < -0.39 is 11.5 Å². The van der Waals surface area contributed by atoms with Crippen molar-refractivity contribution in [3.05, 3.63) is 33.4 Å². The van der Waals surface area contributed by atoms with E-state index in [-0.39, 0.29) is 5.91 Å². The molecule has 0 radical (unpaired) electrons. The molecule has 18 heavy (non-hydrogen) atoms. The normalized spacial score (nSPS) is 22.7. The molecule has 1 aliphatic heterocycles. The second kappa shape index (κ2) is 5.48. The molecule has 1 aliphatic rings. The molecule has 0 bridgehead atoms. The van der Waals surface area contributed by atoms with Gasteiger partial charge in [0.05, 0.1) is 0 Å².